The third-order valence-electron chi connectivity index (χ3n) is 3.96. The van der Waals surface area contributed by atoms with Crippen molar-refractivity contribution in [1.29, 1.82) is 0 Å². The highest BCUT2D eigenvalue weighted by Gasteiger charge is 2.47. The largest absolute Gasteiger partial charge is 0.497 e. The molecule has 120 valence electrons. The Morgan fingerprint density at radius 3 is 2.41 bits per heavy atom. The number of rotatable bonds is 4. The third-order valence-corrected chi connectivity index (χ3v) is 3.96. The predicted octanol–water partition coefficient (Wildman–Crippen LogP) is -0.0393. The van der Waals surface area contributed by atoms with Crippen molar-refractivity contribution in [3.8, 4) is 11.5 Å². The Kier molecular flexibility index (Phi) is 4.19. The maximum absolute atomic E-state index is 12.4. The molecule has 0 aliphatic carbocycles. The zero-order valence-corrected chi connectivity index (χ0v) is 12.4. The first-order valence-electron chi connectivity index (χ1n) is 7.07. The van der Waals surface area contributed by atoms with E-state index in [2.05, 4.69) is 5.32 Å². The number of carbonyl (C=O) groups excluding carboxylic acids is 1. The van der Waals surface area contributed by atoms with Gasteiger partial charge in [-0.3, -0.25) is 4.79 Å². The second kappa shape index (κ2) is 6.12. The van der Waals surface area contributed by atoms with Crippen molar-refractivity contribution in [3.05, 3.63) is 23.8 Å². The number of hydrogen-bond donors (Lipinski definition) is 2. The van der Waals surface area contributed by atoms with Crippen LogP contribution in [0.15, 0.2) is 18.2 Å². The molecular formula is C15H19NO6. The van der Waals surface area contributed by atoms with Crippen molar-refractivity contribution in [3.63, 3.8) is 0 Å². The molecule has 1 amide bonds. The van der Waals surface area contributed by atoms with Crippen LogP contribution in [-0.2, 0) is 9.47 Å². The molecule has 1 aromatic rings. The summed E-state index contributed by atoms with van der Waals surface area (Å²) in [6, 6.07) is 4.68. The van der Waals surface area contributed by atoms with Gasteiger partial charge in [-0.1, -0.05) is 0 Å². The SMILES string of the molecule is COc1cc(OC)cc(C(=O)N[C@@H]2CO[C@H]3[C@@H]2OC[C@H]3O)c1. The van der Waals surface area contributed by atoms with Gasteiger partial charge >= 0.3 is 0 Å². The fraction of sp³-hybridized carbons (Fsp3) is 0.533. The molecule has 0 saturated carbocycles. The molecule has 7 heteroatoms. The first kappa shape index (κ1) is 15.1. The molecule has 0 spiro atoms. The molecule has 2 fully saturated rings. The van der Waals surface area contributed by atoms with Crippen LogP contribution in [-0.4, -0.2) is 62.8 Å². The fourth-order valence-electron chi connectivity index (χ4n) is 2.79. The van der Waals surface area contributed by atoms with Gasteiger partial charge in [-0.05, 0) is 12.1 Å². The minimum Gasteiger partial charge on any atom is -0.497 e. The van der Waals surface area contributed by atoms with Crippen molar-refractivity contribution in [1.82, 2.24) is 5.32 Å². The van der Waals surface area contributed by atoms with Crippen molar-refractivity contribution < 1.29 is 28.8 Å². The topological polar surface area (TPSA) is 86.3 Å². The Labute approximate surface area is 128 Å². The Morgan fingerprint density at radius 1 is 1.14 bits per heavy atom. The smallest absolute Gasteiger partial charge is 0.251 e. The highest BCUT2D eigenvalue weighted by atomic mass is 16.6. The van der Waals surface area contributed by atoms with Gasteiger partial charge in [0.05, 0.1) is 33.5 Å². The van der Waals surface area contributed by atoms with Gasteiger partial charge in [0.25, 0.3) is 5.91 Å². The Hall–Kier alpha value is -1.83. The van der Waals surface area contributed by atoms with Crippen LogP contribution in [0, 0.1) is 0 Å². The van der Waals surface area contributed by atoms with Crippen LogP contribution in [0.4, 0.5) is 0 Å². The number of carbonyl (C=O) groups is 1. The fourth-order valence-corrected chi connectivity index (χ4v) is 2.79. The van der Waals surface area contributed by atoms with Crippen LogP contribution >= 0.6 is 0 Å². The number of nitrogens with one attached hydrogen (secondary N) is 1. The summed E-state index contributed by atoms with van der Waals surface area (Å²) in [5.74, 6) is 0.812. The van der Waals surface area contributed by atoms with E-state index < -0.39 is 6.10 Å². The van der Waals surface area contributed by atoms with Crippen molar-refractivity contribution in [2.75, 3.05) is 27.4 Å². The number of amides is 1. The number of aliphatic hydroxyl groups is 1. The van der Waals surface area contributed by atoms with E-state index in [0.717, 1.165) is 0 Å². The van der Waals surface area contributed by atoms with Gasteiger partial charge in [-0.15, -0.1) is 0 Å². The highest BCUT2D eigenvalue weighted by molar-refractivity contribution is 5.95. The number of methoxy groups -OCH3 is 2. The van der Waals surface area contributed by atoms with E-state index in [1.807, 2.05) is 0 Å². The quantitative estimate of drug-likeness (QED) is 0.812. The molecule has 0 unspecified atom stereocenters. The molecule has 7 nitrogen and oxygen atoms in total. The van der Waals surface area contributed by atoms with Crippen molar-refractivity contribution in [2.45, 2.75) is 24.4 Å². The van der Waals surface area contributed by atoms with Gasteiger partial charge in [0.1, 0.15) is 29.8 Å². The summed E-state index contributed by atoms with van der Waals surface area (Å²) in [6.45, 7) is 0.550. The van der Waals surface area contributed by atoms with Crippen LogP contribution in [0.5, 0.6) is 11.5 Å². The first-order chi connectivity index (χ1) is 10.6. The minimum atomic E-state index is -0.635. The van der Waals surface area contributed by atoms with Gasteiger partial charge in [0.2, 0.25) is 0 Å². The van der Waals surface area contributed by atoms with Gasteiger partial charge in [-0.25, -0.2) is 0 Å². The second-order valence-corrected chi connectivity index (χ2v) is 5.34. The lowest BCUT2D eigenvalue weighted by Crippen LogP contribution is -2.44. The van der Waals surface area contributed by atoms with Gasteiger partial charge in [0.15, 0.2) is 0 Å². The van der Waals surface area contributed by atoms with Crippen molar-refractivity contribution >= 4 is 5.91 Å². The molecule has 2 aliphatic heterocycles. The third kappa shape index (κ3) is 2.75. The molecule has 1 aromatic carbocycles. The number of hydrogen-bond acceptors (Lipinski definition) is 6. The van der Waals surface area contributed by atoms with E-state index in [4.69, 9.17) is 18.9 Å². The molecular weight excluding hydrogens is 290 g/mol. The summed E-state index contributed by atoms with van der Waals surface area (Å²) in [5.41, 5.74) is 0.429. The standard InChI is InChI=1S/C15H19NO6/c1-19-9-3-8(4-10(5-9)20-2)15(18)16-11-6-21-14-12(17)7-22-13(11)14/h3-5,11-14,17H,6-7H2,1-2H3,(H,16,18)/t11-,12-,13-,14-/m1/s1. The first-order valence-corrected chi connectivity index (χ1v) is 7.07. The van der Waals surface area contributed by atoms with Crippen LogP contribution in [0.25, 0.3) is 0 Å². The van der Waals surface area contributed by atoms with E-state index in [1.165, 1.54) is 14.2 Å². The van der Waals surface area contributed by atoms with E-state index in [1.54, 1.807) is 18.2 Å². The molecule has 0 bridgehead atoms. The van der Waals surface area contributed by atoms with Crippen LogP contribution in [0.2, 0.25) is 0 Å². The number of ether oxygens (including phenoxy) is 4. The molecule has 3 rings (SSSR count). The number of fused-ring (bicyclic) bond motifs is 1. The molecule has 0 aromatic heterocycles. The lowest BCUT2D eigenvalue weighted by atomic mass is 10.1. The maximum Gasteiger partial charge on any atom is 0.251 e. The summed E-state index contributed by atoms with van der Waals surface area (Å²) in [6.07, 6.45) is -1.32. The van der Waals surface area contributed by atoms with Gasteiger partial charge in [-0.2, -0.15) is 0 Å². The molecule has 0 radical (unpaired) electrons. The lowest BCUT2D eigenvalue weighted by molar-refractivity contribution is 0.0178. The van der Waals surface area contributed by atoms with Crippen LogP contribution in [0.3, 0.4) is 0 Å². The van der Waals surface area contributed by atoms with Crippen LogP contribution in [0.1, 0.15) is 10.4 Å². The summed E-state index contributed by atoms with van der Waals surface area (Å²) in [4.78, 5) is 12.4. The molecule has 2 saturated heterocycles. The zero-order valence-electron chi connectivity index (χ0n) is 12.4. The maximum atomic E-state index is 12.4. The second-order valence-electron chi connectivity index (χ2n) is 5.34. The predicted molar refractivity (Wildman–Crippen MR) is 76.3 cm³/mol. The molecule has 22 heavy (non-hydrogen) atoms. The highest BCUT2D eigenvalue weighted by Crippen LogP contribution is 2.28. The number of aliphatic hydroxyl groups excluding tert-OH is 1. The minimum absolute atomic E-state index is 0.231. The average Bonchev–Trinajstić information content (AvgIpc) is 3.10. The lowest BCUT2D eigenvalue weighted by Gasteiger charge is -2.18. The summed E-state index contributed by atoms with van der Waals surface area (Å²) >= 11 is 0. The van der Waals surface area contributed by atoms with Crippen molar-refractivity contribution in [2.24, 2.45) is 0 Å². The van der Waals surface area contributed by atoms with E-state index in [-0.39, 0.29) is 30.8 Å². The van der Waals surface area contributed by atoms with Gasteiger partial charge in [0, 0.05) is 11.6 Å². The normalized spacial score (nSPS) is 30.0. The Bertz CT molecular complexity index is 541. The van der Waals surface area contributed by atoms with E-state index in [9.17, 15) is 9.90 Å². The zero-order chi connectivity index (χ0) is 15.7. The molecule has 2 N–H and O–H groups in total. The van der Waals surface area contributed by atoms with Gasteiger partial charge < -0.3 is 29.4 Å². The number of benzene rings is 1. The Balaban J connectivity index is 1.72. The molecule has 2 heterocycles. The Morgan fingerprint density at radius 2 is 1.77 bits per heavy atom. The average molecular weight is 309 g/mol. The monoisotopic (exact) mass is 309 g/mol. The molecule has 2 aliphatic rings. The van der Waals surface area contributed by atoms with Crippen LogP contribution < -0.4 is 14.8 Å². The summed E-state index contributed by atoms with van der Waals surface area (Å²) < 4.78 is 21.3. The summed E-state index contributed by atoms with van der Waals surface area (Å²) in [5, 5.41) is 12.6. The van der Waals surface area contributed by atoms with E-state index in [0.29, 0.717) is 23.7 Å². The summed E-state index contributed by atoms with van der Waals surface area (Å²) in [7, 11) is 3.05. The molecule has 4 atom stereocenters. The van der Waals surface area contributed by atoms with E-state index >= 15 is 0 Å².